The van der Waals surface area contributed by atoms with Crippen molar-refractivity contribution in [1.82, 2.24) is 10.6 Å². The first-order valence-corrected chi connectivity index (χ1v) is 7.59. The maximum atomic E-state index is 11.7. The Morgan fingerprint density at radius 1 is 0.917 bits per heavy atom. The lowest BCUT2D eigenvalue weighted by Crippen LogP contribution is -2.33. The molecule has 2 rings (SSSR count). The Kier molecular flexibility index (Phi) is 9.34. The van der Waals surface area contributed by atoms with E-state index in [4.69, 9.17) is 9.47 Å². The van der Waals surface area contributed by atoms with Gasteiger partial charge in [-0.1, -0.05) is 42.5 Å². The Labute approximate surface area is 148 Å². The highest BCUT2D eigenvalue weighted by molar-refractivity contribution is 5.85. The van der Waals surface area contributed by atoms with Crippen molar-refractivity contribution in [3.05, 3.63) is 60.2 Å². The number of rotatable bonds is 9. The molecule has 5 nitrogen and oxygen atoms in total. The SMILES string of the molecule is CNCCNC(=O)COc1ccccc1OCc1ccccc1.Cl. The van der Waals surface area contributed by atoms with E-state index in [0.717, 1.165) is 12.1 Å². The van der Waals surface area contributed by atoms with Gasteiger partial charge in [0.25, 0.3) is 5.91 Å². The van der Waals surface area contributed by atoms with E-state index in [9.17, 15) is 4.79 Å². The number of carbonyl (C=O) groups excluding carboxylic acids is 1. The molecule has 0 spiro atoms. The first-order valence-electron chi connectivity index (χ1n) is 7.59. The van der Waals surface area contributed by atoms with Gasteiger partial charge in [-0.3, -0.25) is 4.79 Å². The fraction of sp³-hybridized carbons (Fsp3) is 0.278. The van der Waals surface area contributed by atoms with Crippen LogP contribution in [0.5, 0.6) is 11.5 Å². The molecular weight excluding hydrogens is 328 g/mol. The van der Waals surface area contributed by atoms with Crippen LogP contribution in [-0.2, 0) is 11.4 Å². The number of para-hydroxylation sites is 2. The number of hydrogen-bond acceptors (Lipinski definition) is 4. The molecule has 24 heavy (non-hydrogen) atoms. The van der Waals surface area contributed by atoms with E-state index in [-0.39, 0.29) is 24.9 Å². The fourth-order valence-corrected chi connectivity index (χ4v) is 1.95. The highest BCUT2D eigenvalue weighted by atomic mass is 35.5. The molecule has 0 aromatic heterocycles. The van der Waals surface area contributed by atoms with Crippen LogP contribution >= 0.6 is 12.4 Å². The average molecular weight is 351 g/mol. The molecule has 0 aliphatic carbocycles. The minimum Gasteiger partial charge on any atom is -0.485 e. The molecule has 2 aromatic rings. The largest absolute Gasteiger partial charge is 0.485 e. The third-order valence-electron chi connectivity index (χ3n) is 3.14. The van der Waals surface area contributed by atoms with E-state index in [0.29, 0.717) is 24.7 Å². The van der Waals surface area contributed by atoms with E-state index in [2.05, 4.69) is 10.6 Å². The Balaban J connectivity index is 0.00000288. The molecule has 1 amide bonds. The molecule has 0 aliphatic heterocycles. The van der Waals surface area contributed by atoms with Crippen molar-refractivity contribution in [2.45, 2.75) is 6.61 Å². The third-order valence-corrected chi connectivity index (χ3v) is 3.14. The summed E-state index contributed by atoms with van der Waals surface area (Å²) >= 11 is 0. The van der Waals surface area contributed by atoms with Crippen molar-refractivity contribution >= 4 is 18.3 Å². The topological polar surface area (TPSA) is 59.6 Å². The van der Waals surface area contributed by atoms with Gasteiger partial charge in [0, 0.05) is 13.1 Å². The zero-order valence-corrected chi connectivity index (χ0v) is 14.5. The number of carbonyl (C=O) groups is 1. The molecule has 130 valence electrons. The fourth-order valence-electron chi connectivity index (χ4n) is 1.95. The molecule has 0 atom stereocenters. The molecule has 0 fully saturated rings. The third kappa shape index (κ3) is 6.89. The van der Waals surface area contributed by atoms with Crippen LogP contribution in [-0.4, -0.2) is 32.7 Å². The number of hydrogen-bond donors (Lipinski definition) is 2. The van der Waals surface area contributed by atoms with Gasteiger partial charge in [0.1, 0.15) is 6.61 Å². The van der Waals surface area contributed by atoms with Crippen molar-refractivity contribution in [3.8, 4) is 11.5 Å². The van der Waals surface area contributed by atoms with Crippen LogP contribution in [0.3, 0.4) is 0 Å². The molecule has 0 heterocycles. The van der Waals surface area contributed by atoms with Gasteiger partial charge < -0.3 is 20.1 Å². The number of likely N-dealkylation sites (N-methyl/N-ethyl adjacent to an activating group) is 1. The number of ether oxygens (including phenoxy) is 2. The van der Waals surface area contributed by atoms with Crippen LogP contribution in [0.2, 0.25) is 0 Å². The van der Waals surface area contributed by atoms with Crippen LogP contribution in [0.1, 0.15) is 5.56 Å². The Bertz CT molecular complexity index is 608. The van der Waals surface area contributed by atoms with E-state index in [1.807, 2.05) is 55.6 Å². The predicted molar refractivity (Wildman–Crippen MR) is 96.9 cm³/mol. The van der Waals surface area contributed by atoms with Gasteiger partial charge in [-0.05, 0) is 24.7 Å². The molecule has 0 radical (unpaired) electrons. The maximum absolute atomic E-state index is 11.7. The summed E-state index contributed by atoms with van der Waals surface area (Å²) in [6, 6.07) is 17.2. The second kappa shape index (κ2) is 11.3. The van der Waals surface area contributed by atoms with E-state index < -0.39 is 0 Å². The summed E-state index contributed by atoms with van der Waals surface area (Å²) in [5.41, 5.74) is 1.08. The zero-order valence-electron chi connectivity index (χ0n) is 13.7. The molecule has 2 aromatic carbocycles. The summed E-state index contributed by atoms with van der Waals surface area (Å²) in [6.07, 6.45) is 0. The lowest BCUT2D eigenvalue weighted by atomic mass is 10.2. The molecule has 0 saturated heterocycles. The summed E-state index contributed by atoms with van der Waals surface area (Å²) in [5.74, 6) is 1.03. The van der Waals surface area contributed by atoms with Gasteiger partial charge in [0.05, 0.1) is 0 Å². The highest BCUT2D eigenvalue weighted by Crippen LogP contribution is 2.27. The summed E-state index contributed by atoms with van der Waals surface area (Å²) in [4.78, 5) is 11.7. The Morgan fingerprint density at radius 3 is 2.21 bits per heavy atom. The minimum absolute atomic E-state index is 0. The van der Waals surface area contributed by atoms with Gasteiger partial charge in [-0.2, -0.15) is 0 Å². The van der Waals surface area contributed by atoms with Crippen LogP contribution in [0.4, 0.5) is 0 Å². The normalized spacial score (nSPS) is 9.71. The smallest absolute Gasteiger partial charge is 0.257 e. The summed E-state index contributed by atoms with van der Waals surface area (Å²) in [5, 5.41) is 5.73. The first kappa shape index (κ1) is 19.8. The average Bonchev–Trinajstić information content (AvgIpc) is 2.60. The molecule has 6 heteroatoms. The van der Waals surface area contributed by atoms with Crippen LogP contribution in [0, 0.1) is 0 Å². The lowest BCUT2D eigenvalue weighted by molar-refractivity contribution is -0.123. The maximum Gasteiger partial charge on any atom is 0.257 e. The highest BCUT2D eigenvalue weighted by Gasteiger charge is 2.07. The van der Waals surface area contributed by atoms with Gasteiger partial charge in [-0.15, -0.1) is 12.4 Å². The molecule has 0 aliphatic rings. The minimum atomic E-state index is -0.155. The summed E-state index contributed by atoms with van der Waals surface area (Å²) < 4.78 is 11.3. The van der Waals surface area contributed by atoms with E-state index in [1.54, 1.807) is 6.07 Å². The van der Waals surface area contributed by atoms with Crippen molar-refractivity contribution in [1.29, 1.82) is 0 Å². The number of halogens is 1. The quantitative estimate of drug-likeness (QED) is 0.682. The van der Waals surface area contributed by atoms with Gasteiger partial charge in [0.15, 0.2) is 18.1 Å². The van der Waals surface area contributed by atoms with Gasteiger partial charge in [-0.25, -0.2) is 0 Å². The van der Waals surface area contributed by atoms with Gasteiger partial charge >= 0.3 is 0 Å². The number of amides is 1. The second-order valence-corrected chi connectivity index (χ2v) is 4.96. The predicted octanol–water partition coefficient (Wildman–Crippen LogP) is 2.40. The van der Waals surface area contributed by atoms with Crippen molar-refractivity contribution < 1.29 is 14.3 Å². The molecule has 0 bridgehead atoms. The lowest BCUT2D eigenvalue weighted by Gasteiger charge is -2.12. The molecule has 0 unspecified atom stereocenters. The van der Waals surface area contributed by atoms with Gasteiger partial charge in [0.2, 0.25) is 0 Å². The van der Waals surface area contributed by atoms with E-state index in [1.165, 1.54) is 0 Å². The monoisotopic (exact) mass is 350 g/mol. The summed E-state index contributed by atoms with van der Waals surface area (Å²) in [7, 11) is 1.84. The van der Waals surface area contributed by atoms with Crippen LogP contribution < -0.4 is 20.1 Å². The summed E-state index contributed by atoms with van der Waals surface area (Å²) in [6.45, 7) is 1.72. The Hall–Kier alpha value is -2.24. The second-order valence-electron chi connectivity index (χ2n) is 4.96. The molecule has 0 saturated carbocycles. The standard InChI is InChI=1S/C18H22N2O3.ClH/c1-19-11-12-20-18(21)14-23-17-10-6-5-9-16(17)22-13-15-7-3-2-4-8-15;/h2-10,19H,11-14H2,1H3,(H,20,21);1H. The van der Waals surface area contributed by atoms with Crippen molar-refractivity contribution in [3.63, 3.8) is 0 Å². The zero-order chi connectivity index (χ0) is 16.3. The molecule has 2 N–H and O–H groups in total. The van der Waals surface area contributed by atoms with E-state index >= 15 is 0 Å². The Morgan fingerprint density at radius 2 is 1.54 bits per heavy atom. The number of nitrogens with one attached hydrogen (secondary N) is 2. The first-order chi connectivity index (χ1) is 11.3. The van der Waals surface area contributed by atoms with Crippen LogP contribution in [0.25, 0.3) is 0 Å². The number of benzene rings is 2. The van der Waals surface area contributed by atoms with Crippen molar-refractivity contribution in [2.24, 2.45) is 0 Å². The van der Waals surface area contributed by atoms with Crippen LogP contribution in [0.15, 0.2) is 54.6 Å². The molecular formula is C18H23ClN2O3. The van der Waals surface area contributed by atoms with Crippen molar-refractivity contribution in [2.75, 3.05) is 26.7 Å².